The van der Waals surface area contributed by atoms with E-state index in [9.17, 15) is 4.79 Å². The zero-order valence-corrected chi connectivity index (χ0v) is 23.2. The average molecular weight is 514 g/mol. The van der Waals surface area contributed by atoms with E-state index in [1.165, 1.54) is 11.1 Å². The van der Waals surface area contributed by atoms with Crippen LogP contribution in [0.1, 0.15) is 54.3 Å². The van der Waals surface area contributed by atoms with Crippen molar-refractivity contribution in [2.75, 3.05) is 19.8 Å². The van der Waals surface area contributed by atoms with Gasteiger partial charge in [0.2, 0.25) is 0 Å². The van der Waals surface area contributed by atoms with Crippen LogP contribution in [0.5, 0.6) is 11.5 Å². The number of aryl methyl sites for hydroxylation is 4. The van der Waals surface area contributed by atoms with E-state index < -0.39 is 0 Å². The molecule has 1 heterocycles. The highest BCUT2D eigenvalue weighted by atomic mass is 16.5. The number of amides is 1. The van der Waals surface area contributed by atoms with Crippen LogP contribution >= 0.6 is 0 Å². The van der Waals surface area contributed by atoms with Crippen molar-refractivity contribution in [3.63, 3.8) is 0 Å². The minimum absolute atomic E-state index is 0.0114. The number of carbonyl (C=O) groups excluding carboxylic acids is 1. The number of hydrogen-bond donors (Lipinski definition) is 1. The monoisotopic (exact) mass is 513 g/mol. The van der Waals surface area contributed by atoms with Gasteiger partial charge in [0.05, 0.1) is 17.6 Å². The fourth-order valence-corrected chi connectivity index (χ4v) is 4.59. The van der Waals surface area contributed by atoms with E-state index in [0.717, 1.165) is 52.3 Å². The Morgan fingerprint density at radius 3 is 2.47 bits per heavy atom. The number of rotatable bonds is 12. The number of carbonyl (C=O) groups is 1. The van der Waals surface area contributed by atoms with Gasteiger partial charge in [0, 0.05) is 13.0 Å². The van der Waals surface area contributed by atoms with E-state index >= 15 is 0 Å². The third-order valence-corrected chi connectivity index (χ3v) is 6.70. The molecule has 0 aliphatic heterocycles. The minimum atomic E-state index is -0.119. The van der Waals surface area contributed by atoms with Gasteiger partial charge in [0.1, 0.15) is 23.9 Å². The molecule has 0 spiro atoms. The van der Waals surface area contributed by atoms with Crippen molar-refractivity contribution in [1.82, 2.24) is 14.9 Å². The van der Waals surface area contributed by atoms with Crippen LogP contribution in [0, 0.1) is 20.8 Å². The highest BCUT2D eigenvalue weighted by Gasteiger charge is 2.13. The molecule has 4 rings (SSSR count). The lowest BCUT2D eigenvalue weighted by Gasteiger charge is -2.16. The number of benzene rings is 3. The lowest BCUT2D eigenvalue weighted by Crippen LogP contribution is -2.30. The largest absolute Gasteiger partial charge is 0.491 e. The van der Waals surface area contributed by atoms with Crippen LogP contribution in [0.4, 0.5) is 0 Å². The molecule has 6 heteroatoms. The molecule has 0 unspecified atom stereocenters. The molecule has 4 aromatic rings. The van der Waals surface area contributed by atoms with E-state index in [1.54, 1.807) is 0 Å². The third-order valence-electron chi connectivity index (χ3n) is 6.70. The molecular weight excluding hydrogens is 474 g/mol. The second-order valence-electron chi connectivity index (χ2n) is 10.2. The van der Waals surface area contributed by atoms with Gasteiger partial charge < -0.3 is 19.4 Å². The standard InChI is InChI=1S/C32H39N3O3/c1-22(2)26-15-13-24(4)20-30(26)37-18-17-35-28-10-7-6-9-27(28)34-31(35)11-8-16-33-32(36)21-38-29-19-23(3)12-14-25(29)5/h6-7,9-10,12-15,19-20,22H,8,11,16-18,21H2,1-5H3,(H,33,36). The Kier molecular flexibility index (Phi) is 9.06. The first-order valence-electron chi connectivity index (χ1n) is 13.5. The van der Waals surface area contributed by atoms with Crippen molar-refractivity contribution in [2.45, 2.75) is 59.9 Å². The predicted molar refractivity (Wildman–Crippen MR) is 153 cm³/mol. The first-order valence-corrected chi connectivity index (χ1v) is 13.5. The molecule has 1 N–H and O–H groups in total. The van der Waals surface area contributed by atoms with Gasteiger partial charge in [-0.1, -0.05) is 50.2 Å². The summed E-state index contributed by atoms with van der Waals surface area (Å²) in [7, 11) is 0. The van der Waals surface area contributed by atoms with Crippen molar-refractivity contribution in [1.29, 1.82) is 0 Å². The molecule has 0 fully saturated rings. The molecule has 1 amide bonds. The first-order chi connectivity index (χ1) is 18.3. The van der Waals surface area contributed by atoms with Crippen LogP contribution in [-0.4, -0.2) is 35.2 Å². The summed E-state index contributed by atoms with van der Waals surface area (Å²) in [4.78, 5) is 17.2. The predicted octanol–water partition coefficient (Wildman–Crippen LogP) is 6.29. The molecule has 6 nitrogen and oxygen atoms in total. The number of hydrogen-bond acceptors (Lipinski definition) is 4. The van der Waals surface area contributed by atoms with Gasteiger partial charge in [0.25, 0.3) is 5.91 Å². The van der Waals surface area contributed by atoms with Gasteiger partial charge in [-0.15, -0.1) is 0 Å². The number of aromatic nitrogens is 2. The van der Waals surface area contributed by atoms with Gasteiger partial charge in [-0.05, 0) is 79.6 Å². The fourth-order valence-electron chi connectivity index (χ4n) is 4.59. The number of nitrogens with zero attached hydrogens (tertiary/aromatic N) is 2. The van der Waals surface area contributed by atoms with E-state index in [0.29, 0.717) is 25.6 Å². The highest BCUT2D eigenvalue weighted by molar-refractivity contribution is 5.77. The van der Waals surface area contributed by atoms with E-state index in [1.807, 2.05) is 50.2 Å². The molecule has 0 atom stereocenters. The highest BCUT2D eigenvalue weighted by Crippen LogP contribution is 2.28. The zero-order valence-electron chi connectivity index (χ0n) is 23.2. The van der Waals surface area contributed by atoms with Gasteiger partial charge in [-0.3, -0.25) is 4.79 Å². The number of fused-ring (bicyclic) bond motifs is 1. The quantitative estimate of drug-likeness (QED) is 0.226. The smallest absolute Gasteiger partial charge is 0.257 e. The molecule has 3 aromatic carbocycles. The van der Waals surface area contributed by atoms with Crippen LogP contribution < -0.4 is 14.8 Å². The van der Waals surface area contributed by atoms with Crippen molar-refractivity contribution in [2.24, 2.45) is 0 Å². The molecule has 0 radical (unpaired) electrons. The average Bonchev–Trinajstić information content (AvgIpc) is 3.24. The van der Waals surface area contributed by atoms with Crippen LogP contribution in [0.25, 0.3) is 11.0 Å². The van der Waals surface area contributed by atoms with Crippen molar-refractivity contribution < 1.29 is 14.3 Å². The summed E-state index contributed by atoms with van der Waals surface area (Å²) in [5, 5.41) is 2.97. The minimum Gasteiger partial charge on any atom is -0.491 e. The number of nitrogens with one attached hydrogen (secondary N) is 1. The SMILES string of the molecule is Cc1ccc(C)c(OCC(=O)NCCCc2nc3ccccc3n2CCOc2cc(C)ccc2C(C)C)c1. The van der Waals surface area contributed by atoms with Crippen LogP contribution in [0.3, 0.4) is 0 Å². The molecule has 0 saturated heterocycles. The Hall–Kier alpha value is -3.80. The summed E-state index contributed by atoms with van der Waals surface area (Å²) in [5.74, 6) is 2.99. The summed E-state index contributed by atoms with van der Waals surface area (Å²) in [6.07, 6.45) is 1.54. The van der Waals surface area contributed by atoms with Crippen molar-refractivity contribution in [3.05, 3.63) is 88.7 Å². The Bertz CT molecular complexity index is 1390. The second-order valence-corrected chi connectivity index (χ2v) is 10.2. The van der Waals surface area contributed by atoms with Crippen LogP contribution in [-0.2, 0) is 17.8 Å². The van der Waals surface area contributed by atoms with E-state index in [4.69, 9.17) is 14.5 Å². The topological polar surface area (TPSA) is 65.4 Å². The summed E-state index contributed by atoms with van der Waals surface area (Å²) < 4.78 is 14.2. The maximum absolute atomic E-state index is 12.3. The Morgan fingerprint density at radius 1 is 0.947 bits per heavy atom. The van der Waals surface area contributed by atoms with Gasteiger partial charge >= 0.3 is 0 Å². The summed E-state index contributed by atoms with van der Waals surface area (Å²) in [6.45, 7) is 12.3. The van der Waals surface area contributed by atoms with Crippen LogP contribution in [0.15, 0.2) is 60.7 Å². The number of para-hydroxylation sites is 2. The van der Waals surface area contributed by atoms with E-state index in [-0.39, 0.29) is 12.5 Å². The second kappa shape index (κ2) is 12.6. The third kappa shape index (κ3) is 6.94. The number of ether oxygens (including phenoxy) is 2. The van der Waals surface area contributed by atoms with Gasteiger partial charge in [0.15, 0.2) is 6.61 Å². The molecule has 38 heavy (non-hydrogen) atoms. The normalized spacial score (nSPS) is 11.2. The Balaban J connectivity index is 1.32. The van der Waals surface area contributed by atoms with Gasteiger partial charge in [-0.25, -0.2) is 4.98 Å². The van der Waals surface area contributed by atoms with Crippen molar-refractivity contribution >= 4 is 16.9 Å². The molecule has 200 valence electrons. The maximum atomic E-state index is 12.3. The van der Waals surface area contributed by atoms with Crippen molar-refractivity contribution in [3.8, 4) is 11.5 Å². The summed E-state index contributed by atoms with van der Waals surface area (Å²) >= 11 is 0. The maximum Gasteiger partial charge on any atom is 0.257 e. The molecule has 0 bridgehead atoms. The molecule has 0 saturated carbocycles. The van der Waals surface area contributed by atoms with E-state index in [2.05, 4.69) is 54.9 Å². The Labute approximate surface area is 226 Å². The molecular formula is C32H39N3O3. The molecule has 1 aromatic heterocycles. The molecule has 0 aliphatic carbocycles. The first kappa shape index (κ1) is 27.2. The summed E-state index contributed by atoms with van der Waals surface area (Å²) in [5.41, 5.74) is 6.63. The zero-order chi connectivity index (χ0) is 27.1. The van der Waals surface area contributed by atoms with Crippen LogP contribution in [0.2, 0.25) is 0 Å². The lowest BCUT2D eigenvalue weighted by molar-refractivity contribution is -0.123. The van der Waals surface area contributed by atoms with Gasteiger partial charge in [-0.2, -0.15) is 0 Å². The number of imidazole rings is 1. The Morgan fingerprint density at radius 2 is 1.68 bits per heavy atom. The molecule has 0 aliphatic rings. The summed E-state index contributed by atoms with van der Waals surface area (Å²) in [6, 6.07) is 20.6. The lowest BCUT2D eigenvalue weighted by atomic mass is 10.0. The fraction of sp³-hybridized carbons (Fsp3) is 0.375.